The fourth-order valence-corrected chi connectivity index (χ4v) is 1.74. The normalized spacial score (nSPS) is 12.1. The first kappa shape index (κ1) is 13.8. The van der Waals surface area contributed by atoms with Crippen LogP contribution in [0.4, 0.5) is 0 Å². The summed E-state index contributed by atoms with van der Waals surface area (Å²) in [5, 5.41) is 0. The number of hydrogen-bond acceptors (Lipinski definition) is 2. The summed E-state index contributed by atoms with van der Waals surface area (Å²) in [5.41, 5.74) is 1.04. The molecule has 1 atom stereocenters. The molecule has 0 N–H and O–H groups in total. The van der Waals surface area contributed by atoms with E-state index in [0.717, 1.165) is 12.0 Å². The van der Waals surface area contributed by atoms with Crippen LogP contribution >= 0.6 is 0 Å². The lowest BCUT2D eigenvalue weighted by molar-refractivity contribution is -0.146. The van der Waals surface area contributed by atoms with Crippen LogP contribution < -0.4 is 0 Å². The molecular formula is C15H22O2. The number of ether oxygens (including phenoxy) is 1. The summed E-state index contributed by atoms with van der Waals surface area (Å²) in [6, 6.07) is 9.79. The zero-order chi connectivity index (χ0) is 12.5. The molecule has 0 aliphatic rings. The van der Waals surface area contributed by atoms with Crippen molar-refractivity contribution in [2.45, 2.75) is 46.1 Å². The highest BCUT2D eigenvalue weighted by Crippen LogP contribution is 2.13. The Kier molecular flexibility index (Phi) is 6.38. The van der Waals surface area contributed by atoms with E-state index in [0.29, 0.717) is 18.9 Å². The van der Waals surface area contributed by atoms with E-state index in [1.165, 1.54) is 12.8 Å². The number of rotatable bonds is 7. The van der Waals surface area contributed by atoms with Gasteiger partial charge in [0.15, 0.2) is 0 Å². The lowest BCUT2D eigenvalue weighted by atomic mass is 10.0. The smallest absolute Gasteiger partial charge is 0.306 e. The molecule has 0 bridgehead atoms. The largest absolute Gasteiger partial charge is 0.461 e. The summed E-state index contributed by atoms with van der Waals surface area (Å²) in [6.45, 7) is 4.67. The molecule has 2 heteroatoms. The van der Waals surface area contributed by atoms with Crippen LogP contribution in [0, 0.1) is 5.92 Å². The standard InChI is InChI=1S/C15H22O2/c1-3-4-8-13(2)11-15(16)17-12-14-9-6-5-7-10-14/h5-7,9-10,13H,3-4,8,11-12H2,1-2H3/t13-/m1/s1. The summed E-state index contributed by atoms with van der Waals surface area (Å²) in [4.78, 5) is 11.6. The van der Waals surface area contributed by atoms with E-state index < -0.39 is 0 Å². The maximum Gasteiger partial charge on any atom is 0.306 e. The van der Waals surface area contributed by atoms with Gasteiger partial charge < -0.3 is 4.74 Å². The molecule has 0 spiro atoms. The molecule has 0 saturated heterocycles. The molecule has 0 unspecified atom stereocenters. The lowest BCUT2D eigenvalue weighted by Crippen LogP contribution is -2.09. The van der Waals surface area contributed by atoms with Crippen LogP contribution in [0.15, 0.2) is 30.3 Å². The first-order valence-corrected chi connectivity index (χ1v) is 6.42. The number of carbonyl (C=O) groups is 1. The van der Waals surface area contributed by atoms with Crippen LogP contribution in [0.5, 0.6) is 0 Å². The SMILES string of the molecule is CCCC[C@@H](C)CC(=O)OCc1ccccc1. The molecule has 17 heavy (non-hydrogen) atoms. The van der Waals surface area contributed by atoms with Gasteiger partial charge in [0.2, 0.25) is 0 Å². The number of hydrogen-bond donors (Lipinski definition) is 0. The lowest BCUT2D eigenvalue weighted by Gasteiger charge is -2.10. The Balaban J connectivity index is 2.21. The van der Waals surface area contributed by atoms with Crippen LogP contribution in [0.25, 0.3) is 0 Å². The van der Waals surface area contributed by atoms with Crippen molar-refractivity contribution in [3.05, 3.63) is 35.9 Å². The van der Waals surface area contributed by atoms with Crippen molar-refractivity contribution in [1.82, 2.24) is 0 Å². The fourth-order valence-electron chi connectivity index (χ4n) is 1.74. The Labute approximate surface area is 104 Å². The third-order valence-corrected chi connectivity index (χ3v) is 2.81. The Bertz CT molecular complexity index is 319. The van der Waals surface area contributed by atoms with Gasteiger partial charge in [0.05, 0.1) is 0 Å². The number of unbranched alkanes of at least 4 members (excludes halogenated alkanes) is 1. The van der Waals surface area contributed by atoms with Crippen molar-refractivity contribution in [1.29, 1.82) is 0 Å². The average Bonchev–Trinajstić information content (AvgIpc) is 2.35. The highest BCUT2D eigenvalue weighted by atomic mass is 16.5. The van der Waals surface area contributed by atoms with Crippen LogP contribution in [0.1, 0.15) is 45.1 Å². The van der Waals surface area contributed by atoms with Gasteiger partial charge >= 0.3 is 5.97 Å². The van der Waals surface area contributed by atoms with Crippen molar-refractivity contribution in [2.75, 3.05) is 0 Å². The molecule has 0 radical (unpaired) electrons. The number of carbonyl (C=O) groups excluding carboxylic acids is 1. The second-order valence-electron chi connectivity index (χ2n) is 4.60. The van der Waals surface area contributed by atoms with Crippen molar-refractivity contribution in [2.24, 2.45) is 5.92 Å². The van der Waals surface area contributed by atoms with Gasteiger partial charge in [-0.1, -0.05) is 63.4 Å². The zero-order valence-corrected chi connectivity index (χ0v) is 10.8. The molecule has 1 aromatic carbocycles. The van der Waals surface area contributed by atoms with Crippen molar-refractivity contribution in [3.63, 3.8) is 0 Å². The molecule has 94 valence electrons. The summed E-state index contributed by atoms with van der Waals surface area (Å²) in [7, 11) is 0. The molecule has 0 aliphatic heterocycles. The van der Waals surface area contributed by atoms with E-state index in [1.807, 2.05) is 30.3 Å². The van der Waals surface area contributed by atoms with E-state index >= 15 is 0 Å². The van der Waals surface area contributed by atoms with Crippen LogP contribution in [0.3, 0.4) is 0 Å². The summed E-state index contributed by atoms with van der Waals surface area (Å²) >= 11 is 0. The van der Waals surface area contributed by atoms with Crippen molar-refractivity contribution < 1.29 is 9.53 Å². The van der Waals surface area contributed by atoms with E-state index in [-0.39, 0.29) is 5.97 Å². The second kappa shape index (κ2) is 7.88. The molecule has 0 amide bonds. The minimum Gasteiger partial charge on any atom is -0.461 e. The van der Waals surface area contributed by atoms with Gasteiger partial charge in [-0.3, -0.25) is 4.79 Å². The van der Waals surface area contributed by atoms with Gasteiger partial charge in [0.1, 0.15) is 6.61 Å². The Morgan fingerprint density at radius 3 is 2.65 bits per heavy atom. The maximum absolute atomic E-state index is 11.6. The Hall–Kier alpha value is -1.31. The van der Waals surface area contributed by atoms with Gasteiger partial charge in [-0.15, -0.1) is 0 Å². The first-order chi connectivity index (χ1) is 8.22. The monoisotopic (exact) mass is 234 g/mol. The minimum atomic E-state index is -0.0857. The van der Waals surface area contributed by atoms with Crippen LogP contribution in [0.2, 0.25) is 0 Å². The highest BCUT2D eigenvalue weighted by molar-refractivity contribution is 5.69. The highest BCUT2D eigenvalue weighted by Gasteiger charge is 2.09. The molecule has 0 heterocycles. The van der Waals surface area contributed by atoms with E-state index in [9.17, 15) is 4.79 Å². The first-order valence-electron chi connectivity index (χ1n) is 6.42. The molecule has 0 aliphatic carbocycles. The van der Waals surface area contributed by atoms with Crippen LogP contribution in [-0.2, 0) is 16.1 Å². The number of esters is 1. The van der Waals surface area contributed by atoms with Gasteiger partial charge in [0, 0.05) is 6.42 Å². The average molecular weight is 234 g/mol. The minimum absolute atomic E-state index is 0.0857. The quantitative estimate of drug-likeness (QED) is 0.668. The predicted molar refractivity (Wildman–Crippen MR) is 69.5 cm³/mol. The van der Waals surface area contributed by atoms with Crippen LogP contribution in [-0.4, -0.2) is 5.97 Å². The third kappa shape index (κ3) is 6.10. The summed E-state index contributed by atoms with van der Waals surface area (Å²) in [5.74, 6) is 0.343. The zero-order valence-electron chi connectivity index (χ0n) is 10.8. The van der Waals surface area contributed by atoms with Crippen molar-refractivity contribution >= 4 is 5.97 Å². The topological polar surface area (TPSA) is 26.3 Å². The third-order valence-electron chi connectivity index (χ3n) is 2.81. The molecule has 0 saturated carbocycles. The van der Waals surface area contributed by atoms with E-state index in [1.54, 1.807) is 0 Å². The Morgan fingerprint density at radius 2 is 2.00 bits per heavy atom. The molecule has 0 aromatic heterocycles. The molecular weight excluding hydrogens is 212 g/mol. The second-order valence-corrected chi connectivity index (χ2v) is 4.60. The predicted octanol–water partition coefficient (Wildman–Crippen LogP) is 3.95. The maximum atomic E-state index is 11.6. The van der Waals surface area contributed by atoms with E-state index in [4.69, 9.17) is 4.74 Å². The Morgan fingerprint density at radius 1 is 1.29 bits per heavy atom. The van der Waals surface area contributed by atoms with Gasteiger partial charge in [0.25, 0.3) is 0 Å². The fraction of sp³-hybridized carbons (Fsp3) is 0.533. The number of benzene rings is 1. The molecule has 1 rings (SSSR count). The molecule has 1 aromatic rings. The molecule has 2 nitrogen and oxygen atoms in total. The van der Waals surface area contributed by atoms with Gasteiger partial charge in [-0.25, -0.2) is 0 Å². The molecule has 0 fully saturated rings. The van der Waals surface area contributed by atoms with Gasteiger partial charge in [-0.2, -0.15) is 0 Å². The van der Waals surface area contributed by atoms with Gasteiger partial charge in [-0.05, 0) is 11.5 Å². The van der Waals surface area contributed by atoms with Crippen molar-refractivity contribution in [3.8, 4) is 0 Å². The van der Waals surface area contributed by atoms with E-state index in [2.05, 4.69) is 13.8 Å². The summed E-state index contributed by atoms with van der Waals surface area (Å²) in [6.07, 6.45) is 4.01. The summed E-state index contributed by atoms with van der Waals surface area (Å²) < 4.78 is 5.24.